The summed E-state index contributed by atoms with van der Waals surface area (Å²) in [5, 5.41) is 2.79. The number of pyridine rings is 1. The summed E-state index contributed by atoms with van der Waals surface area (Å²) in [6, 6.07) is 9.13. The molecule has 1 atom stereocenters. The van der Waals surface area contributed by atoms with Gasteiger partial charge in [0.25, 0.3) is 0 Å². The van der Waals surface area contributed by atoms with Gasteiger partial charge in [-0.15, -0.1) is 0 Å². The summed E-state index contributed by atoms with van der Waals surface area (Å²) < 4.78 is 24.9. The van der Waals surface area contributed by atoms with E-state index < -0.39 is 5.82 Å². The van der Waals surface area contributed by atoms with Crippen LogP contribution < -0.4 is 10.1 Å². The standard InChI is InChI=1S/C18H20FN3O3/c1-13-12-22(10-5-11-24-13)18(23)21-15-7-4-9-20-17(15)25-16-8-3-2-6-14(16)19/h2-4,6-9,13H,5,10-12H2,1H3,(H,21,23)/t13-/m1/s1. The monoisotopic (exact) mass is 345 g/mol. The fourth-order valence-electron chi connectivity index (χ4n) is 2.57. The average molecular weight is 345 g/mol. The molecule has 1 fully saturated rings. The van der Waals surface area contributed by atoms with Crippen LogP contribution in [0.25, 0.3) is 0 Å². The third kappa shape index (κ3) is 4.45. The predicted molar refractivity (Wildman–Crippen MR) is 91.3 cm³/mol. The molecule has 1 aliphatic rings. The molecule has 1 aliphatic heterocycles. The molecule has 0 saturated carbocycles. The number of nitrogens with zero attached hydrogens (tertiary/aromatic N) is 2. The molecule has 2 aromatic rings. The van der Waals surface area contributed by atoms with Crippen molar-refractivity contribution < 1.29 is 18.7 Å². The van der Waals surface area contributed by atoms with Crippen molar-refractivity contribution in [1.29, 1.82) is 0 Å². The van der Waals surface area contributed by atoms with Crippen LogP contribution >= 0.6 is 0 Å². The van der Waals surface area contributed by atoms with Crippen LogP contribution in [0.15, 0.2) is 42.6 Å². The zero-order valence-corrected chi connectivity index (χ0v) is 13.9. The molecule has 1 aromatic heterocycles. The summed E-state index contributed by atoms with van der Waals surface area (Å²) in [6.07, 6.45) is 2.29. The Labute approximate surface area is 145 Å². The van der Waals surface area contributed by atoms with Crippen molar-refractivity contribution in [3.63, 3.8) is 0 Å². The third-order valence-electron chi connectivity index (χ3n) is 3.80. The summed E-state index contributed by atoms with van der Waals surface area (Å²) >= 11 is 0. The van der Waals surface area contributed by atoms with Crippen LogP contribution in [0, 0.1) is 5.82 Å². The van der Waals surface area contributed by atoms with Crippen LogP contribution in [-0.4, -0.2) is 41.7 Å². The van der Waals surface area contributed by atoms with Crippen molar-refractivity contribution in [2.24, 2.45) is 0 Å². The van der Waals surface area contributed by atoms with Gasteiger partial charge in [0.1, 0.15) is 5.69 Å². The Bertz CT molecular complexity index is 741. The number of nitrogens with one attached hydrogen (secondary N) is 1. The Hall–Kier alpha value is -2.67. The van der Waals surface area contributed by atoms with Crippen LogP contribution in [0.2, 0.25) is 0 Å². The number of rotatable bonds is 3. The molecule has 3 rings (SSSR count). The number of hydrogen-bond donors (Lipinski definition) is 1. The highest BCUT2D eigenvalue weighted by atomic mass is 19.1. The second kappa shape index (κ2) is 7.94. The zero-order chi connectivity index (χ0) is 17.6. The first-order valence-electron chi connectivity index (χ1n) is 8.18. The molecule has 0 unspecified atom stereocenters. The summed E-state index contributed by atoms with van der Waals surface area (Å²) in [5.74, 6) is -0.308. The molecule has 2 heterocycles. The molecule has 6 nitrogen and oxygen atoms in total. The number of halogens is 1. The molecule has 0 aliphatic carbocycles. The number of ether oxygens (including phenoxy) is 2. The average Bonchev–Trinajstić information content (AvgIpc) is 2.83. The van der Waals surface area contributed by atoms with Gasteiger partial charge in [0, 0.05) is 25.9 Å². The van der Waals surface area contributed by atoms with Gasteiger partial charge < -0.3 is 19.7 Å². The molecule has 1 aromatic carbocycles. The highest BCUT2D eigenvalue weighted by Gasteiger charge is 2.21. The number of anilines is 1. The lowest BCUT2D eigenvalue weighted by molar-refractivity contribution is 0.0718. The van der Waals surface area contributed by atoms with Crippen molar-refractivity contribution >= 4 is 11.7 Å². The lowest BCUT2D eigenvalue weighted by Gasteiger charge is -2.23. The lowest BCUT2D eigenvalue weighted by Crippen LogP contribution is -2.39. The molecular weight excluding hydrogens is 325 g/mol. The Balaban J connectivity index is 1.74. The van der Waals surface area contributed by atoms with Crippen molar-refractivity contribution in [3.05, 3.63) is 48.4 Å². The molecule has 1 saturated heterocycles. The van der Waals surface area contributed by atoms with E-state index in [0.717, 1.165) is 6.42 Å². The Morgan fingerprint density at radius 2 is 2.20 bits per heavy atom. The van der Waals surface area contributed by atoms with Gasteiger partial charge in [-0.25, -0.2) is 14.2 Å². The Kier molecular flexibility index (Phi) is 5.45. The van der Waals surface area contributed by atoms with Gasteiger partial charge in [-0.3, -0.25) is 0 Å². The number of amides is 2. The first-order chi connectivity index (χ1) is 12.1. The first-order valence-corrected chi connectivity index (χ1v) is 8.18. The molecular formula is C18H20FN3O3. The number of carbonyl (C=O) groups excluding carboxylic acids is 1. The van der Waals surface area contributed by atoms with Crippen LogP contribution in [0.3, 0.4) is 0 Å². The maximum absolute atomic E-state index is 13.8. The normalized spacial score (nSPS) is 17.7. The fraction of sp³-hybridized carbons (Fsp3) is 0.333. The first kappa shape index (κ1) is 17.2. The number of carbonyl (C=O) groups is 1. The predicted octanol–water partition coefficient (Wildman–Crippen LogP) is 3.66. The van der Waals surface area contributed by atoms with E-state index in [1.807, 2.05) is 6.92 Å². The number of aromatic nitrogens is 1. The van der Waals surface area contributed by atoms with E-state index in [1.165, 1.54) is 18.3 Å². The second-order valence-corrected chi connectivity index (χ2v) is 5.80. The van der Waals surface area contributed by atoms with Gasteiger partial charge in [0.2, 0.25) is 5.88 Å². The molecule has 25 heavy (non-hydrogen) atoms. The number of para-hydroxylation sites is 1. The maximum Gasteiger partial charge on any atom is 0.322 e. The minimum atomic E-state index is -0.496. The molecule has 0 bridgehead atoms. The molecule has 132 valence electrons. The number of benzene rings is 1. The zero-order valence-electron chi connectivity index (χ0n) is 13.9. The molecule has 2 amide bonds. The van der Waals surface area contributed by atoms with Gasteiger partial charge in [0.15, 0.2) is 11.6 Å². The quantitative estimate of drug-likeness (QED) is 0.922. The highest BCUT2D eigenvalue weighted by Crippen LogP contribution is 2.28. The minimum Gasteiger partial charge on any atom is -0.434 e. The largest absolute Gasteiger partial charge is 0.434 e. The van der Waals surface area contributed by atoms with E-state index in [2.05, 4.69) is 10.3 Å². The summed E-state index contributed by atoms with van der Waals surface area (Å²) in [6.45, 7) is 3.69. The van der Waals surface area contributed by atoms with Crippen molar-refractivity contribution in [3.8, 4) is 11.6 Å². The van der Waals surface area contributed by atoms with Gasteiger partial charge in [-0.2, -0.15) is 0 Å². The highest BCUT2D eigenvalue weighted by molar-refractivity contribution is 5.90. The van der Waals surface area contributed by atoms with Crippen molar-refractivity contribution in [1.82, 2.24) is 9.88 Å². The van der Waals surface area contributed by atoms with Gasteiger partial charge in [0.05, 0.1) is 6.10 Å². The van der Waals surface area contributed by atoms with E-state index in [4.69, 9.17) is 9.47 Å². The Morgan fingerprint density at radius 3 is 3.04 bits per heavy atom. The lowest BCUT2D eigenvalue weighted by atomic mass is 10.3. The van der Waals surface area contributed by atoms with Crippen LogP contribution in [0.5, 0.6) is 11.6 Å². The van der Waals surface area contributed by atoms with Crippen LogP contribution in [0.4, 0.5) is 14.9 Å². The van der Waals surface area contributed by atoms with Crippen molar-refractivity contribution in [2.75, 3.05) is 25.0 Å². The molecule has 0 radical (unpaired) electrons. The minimum absolute atomic E-state index is 0.0173. The van der Waals surface area contributed by atoms with Gasteiger partial charge >= 0.3 is 6.03 Å². The smallest absolute Gasteiger partial charge is 0.322 e. The third-order valence-corrected chi connectivity index (χ3v) is 3.80. The van der Waals surface area contributed by atoms with Gasteiger partial charge in [-0.05, 0) is 37.6 Å². The van der Waals surface area contributed by atoms with Crippen LogP contribution in [-0.2, 0) is 4.74 Å². The maximum atomic E-state index is 13.8. The topological polar surface area (TPSA) is 63.7 Å². The molecule has 0 spiro atoms. The SMILES string of the molecule is C[C@@H]1CN(C(=O)Nc2cccnc2Oc2ccccc2F)CCCO1. The van der Waals surface area contributed by atoms with E-state index >= 15 is 0 Å². The number of urea groups is 1. The summed E-state index contributed by atoms with van der Waals surface area (Å²) in [4.78, 5) is 18.3. The summed E-state index contributed by atoms with van der Waals surface area (Å²) in [7, 11) is 0. The van der Waals surface area contributed by atoms with E-state index in [-0.39, 0.29) is 23.8 Å². The second-order valence-electron chi connectivity index (χ2n) is 5.80. The Morgan fingerprint density at radius 1 is 1.36 bits per heavy atom. The van der Waals surface area contributed by atoms with E-state index in [9.17, 15) is 9.18 Å². The van der Waals surface area contributed by atoms with Crippen LogP contribution in [0.1, 0.15) is 13.3 Å². The van der Waals surface area contributed by atoms with Crippen molar-refractivity contribution in [2.45, 2.75) is 19.4 Å². The molecule has 7 heteroatoms. The van der Waals surface area contributed by atoms with Gasteiger partial charge in [-0.1, -0.05) is 12.1 Å². The van der Waals surface area contributed by atoms with E-state index in [0.29, 0.717) is 25.4 Å². The number of hydrogen-bond acceptors (Lipinski definition) is 4. The fourth-order valence-corrected chi connectivity index (χ4v) is 2.57. The molecule has 1 N–H and O–H groups in total. The van der Waals surface area contributed by atoms with E-state index in [1.54, 1.807) is 29.2 Å². The summed E-state index contributed by atoms with van der Waals surface area (Å²) in [5.41, 5.74) is 0.383.